The molecule has 0 saturated carbocycles. The number of rotatable bonds is 4. The molecule has 0 radical (unpaired) electrons. The van der Waals surface area contributed by atoms with E-state index in [0.717, 1.165) is 23.5 Å². The van der Waals surface area contributed by atoms with Gasteiger partial charge in [0.25, 0.3) is 5.91 Å². The van der Waals surface area contributed by atoms with Crippen LogP contribution in [0.5, 0.6) is 0 Å². The molecule has 116 valence electrons. The molecule has 0 bridgehead atoms. The maximum atomic E-state index is 12.6. The minimum Gasteiger partial charge on any atom is -0.271 e. The van der Waals surface area contributed by atoms with E-state index in [-0.39, 0.29) is 5.91 Å². The number of para-hydroxylation sites is 1. The first kappa shape index (κ1) is 15.2. The van der Waals surface area contributed by atoms with Crippen LogP contribution in [0.15, 0.2) is 64.7 Å². The summed E-state index contributed by atoms with van der Waals surface area (Å²) in [5.41, 5.74) is 3.66. The van der Waals surface area contributed by atoms with E-state index in [9.17, 15) is 4.79 Å². The summed E-state index contributed by atoms with van der Waals surface area (Å²) in [6.07, 6.45) is 2.69. The molecule has 2 aromatic rings. The topological polar surface area (TPSA) is 45.0 Å². The van der Waals surface area contributed by atoms with Crippen LogP contribution in [-0.4, -0.2) is 17.8 Å². The summed E-state index contributed by atoms with van der Waals surface area (Å²) in [7, 11) is 0. The quantitative estimate of drug-likeness (QED) is 0.788. The maximum absolute atomic E-state index is 12.6. The number of amides is 1. The fourth-order valence-corrected chi connectivity index (χ4v) is 2.48. The van der Waals surface area contributed by atoms with Crippen LogP contribution in [0.1, 0.15) is 19.4 Å². The Morgan fingerprint density at radius 1 is 1.13 bits per heavy atom. The van der Waals surface area contributed by atoms with Crippen LogP contribution in [0.2, 0.25) is 0 Å². The normalized spacial score (nSPS) is 17.8. The molecule has 1 amide bonds. The number of carbonyl (C=O) groups is 1. The Morgan fingerprint density at radius 3 is 2.48 bits per heavy atom. The summed E-state index contributed by atoms with van der Waals surface area (Å²) in [5, 5.41) is 5.82. The van der Waals surface area contributed by atoms with Crippen LogP contribution >= 0.6 is 0 Å². The highest BCUT2D eigenvalue weighted by Crippen LogP contribution is 2.23. The Kier molecular flexibility index (Phi) is 4.33. The van der Waals surface area contributed by atoms with Crippen molar-refractivity contribution in [1.82, 2.24) is 0 Å². The van der Waals surface area contributed by atoms with Crippen LogP contribution in [0.3, 0.4) is 0 Å². The van der Waals surface area contributed by atoms with E-state index in [1.54, 1.807) is 6.21 Å². The number of benzene rings is 2. The lowest BCUT2D eigenvalue weighted by atomic mass is 10.1. The van der Waals surface area contributed by atoms with Gasteiger partial charge >= 0.3 is 0 Å². The van der Waals surface area contributed by atoms with Gasteiger partial charge in [-0.15, -0.1) is 0 Å². The van der Waals surface area contributed by atoms with Gasteiger partial charge in [0.15, 0.2) is 0 Å². The Balaban J connectivity index is 1.77. The molecule has 3 rings (SSSR count). The molecule has 0 aliphatic carbocycles. The van der Waals surface area contributed by atoms with Gasteiger partial charge in [0.1, 0.15) is 5.92 Å². The van der Waals surface area contributed by atoms with E-state index in [1.807, 2.05) is 49.4 Å². The van der Waals surface area contributed by atoms with Gasteiger partial charge in [-0.05, 0) is 43.2 Å². The van der Waals surface area contributed by atoms with Crippen LogP contribution in [0.4, 0.5) is 11.4 Å². The average Bonchev–Trinajstić information content (AvgIpc) is 2.88. The van der Waals surface area contributed by atoms with E-state index in [1.165, 1.54) is 10.6 Å². The predicted octanol–water partition coefficient (Wildman–Crippen LogP) is 3.99. The summed E-state index contributed by atoms with van der Waals surface area (Å²) in [5.74, 6) is -0.469. The van der Waals surface area contributed by atoms with Crippen molar-refractivity contribution in [3.05, 3.63) is 60.2 Å². The number of hydrogen-bond acceptors (Lipinski definition) is 3. The van der Waals surface area contributed by atoms with Gasteiger partial charge in [-0.1, -0.05) is 37.3 Å². The molecule has 1 aliphatic heterocycles. The van der Waals surface area contributed by atoms with Crippen LogP contribution in [0, 0.1) is 5.92 Å². The molecule has 0 saturated heterocycles. The summed E-state index contributed by atoms with van der Waals surface area (Å²) in [6, 6.07) is 17.5. The van der Waals surface area contributed by atoms with Crippen LogP contribution in [-0.2, 0) is 11.2 Å². The summed E-state index contributed by atoms with van der Waals surface area (Å²) in [6.45, 7) is 3.98. The molecule has 0 N–H and O–H groups in total. The molecule has 1 atom stereocenters. The van der Waals surface area contributed by atoms with Crippen molar-refractivity contribution in [3.63, 3.8) is 0 Å². The van der Waals surface area contributed by atoms with Crippen molar-refractivity contribution in [2.75, 3.05) is 5.01 Å². The highest BCUT2D eigenvalue weighted by atomic mass is 16.2. The van der Waals surface area contributed by atoms with Gasteiger partial charge in [-0.25, -0.2) is 0 Å². The summed E-state index contributed by atoms with van der Waals surface area (Å²) >= 11 is 0. The lowest BCUT2D eigenvalue weighted by molar-refractivity contribution is -0.118. The van der Waals surface area contributed by atoms with Gasteiger partial charge in [-0.3, -0.25) is 9.79 Å². The molecule has 23 heavy (non-hydrogen) atoms. The van der Waals surface area contributed by atoms with E-state index in [2.05, 4.69) is 29.2 Å². The standard InChI is InChI=1S/C19H19N3O/c1-3-15-9-11-16(12-10-15)20-13-18-14(2)21-22(19(18)23)17-7-5-4-6-8-17/h4-13,18H,3H2,1-2H3/t18-/m0/s1. The van der Waals surface area contributed by atoms with Crippen LogP contribution in [0.25, 0.3) is 0 Å². The van der Waals surface area contributed by atoms with Gasteiger partial charge < -0.3 is 0 Å². The molecular weight excluding hydrogens is 286 g/mol. The van der Waals surface area contributed by atoms with Crippen LogP contribution < -0.4 is 5.01 Å². The molecule has 4 nitrogen and oxygen atoms in total. The number of nitrogens with zero attached hydrogens (tertiary/aromatic N) is 3. The average molecular weight is 305 g/mol. The highest BCUT2D eigenvalue weighted by Gasteiger charge is 2.33. The van der Waals surface area contributed by atoms with Crippen molar-refractivity contribution in [2.45, 2.75) is 20.3 Å². The fourth-order valence-electron chi connectivity index (χ4n) is 2.48. The number of hydrogen-bond donors (Lipinski definition) is 0. The fraction of sp³-hybridized carbons (Fsp3) is 0.211. The SMILES string of the molecule is CCc1ccc(N=C[C@@H]2C(=O)N(c3ccccc3)N=C2C)cc1. The molecule has 2 aromatic carbocycles. The molecule has 0 unspecified atom stereocenters. The monoisotopic (exact) mass is 305 g/mol. The Morgan fingerprint density at radius 2 is 1.83 bits per heavy atom. The number of aliphatic imine (C=N–C) groups is 1. The third-order valence-corrected chi connectivity index (χ3v) is 3.90. The summed E-state index contributed by atoms with van der Waals surface area (Å²) in [4.78, 5) is 17.0. The third-order valence-electron chi connectivity index (χ3n) is 3.90. The number of hydrazone groups is 1. The minimum absolute atomic E-state index is 0.0670. The molecular formula is C19H19N3O. The molecule has 0 aromatic heterocycles. The first-order valence-electron chi connectivity index (χ1n) is 7.76. The second-order valence-corrected chi connectivity index (χ2v) is 5.50. The summed E-state index contributed by atoms with van der Waals surface area (Å²) < 4.78 is 0. The molecule has 0 fully saturated rings. The van der Waals surface area contributed by atoms with Gasteiger partial charge in [0.2, 0.25) is 0 Å². The molecule has 1 heterocycles. The molecule has 0 spiro atoms. The van der Waals surface area contributed by atoms with Crippen molar-refractivity contribution < 1.29 is 4.79 Å². The number of aryl methyl sites for hydroxylation is 1. The molecule has 4 heteroatoms. The van der Waals surface area contributed by atoms with E-state index >= 15 is 0 Å². The molecule has 1 aliphatic rings. The second-order valence-electron chi connectivity index (χ2n) is 5.50. The van der Waals surface area contributed by atoms with Gasteiger partial charge in [0.05, 0.1) is 17.1 Å². The zero-order valence-corrected chi connectivity index (χ0v) is 13.3. The van der Waals surface area contributed by atoms with E-state index in [4.69, 9.17) is 0 Å². The number of anilines is 1. The van der Waals surface area contributed by atoms with Gasteiger partial charge in [-0.2, -0.15) is 10.1 Å². The zero-order valence-electron chi connectivity index (χ0n) is 13.3. The largest absolute Gasteiger partial charge is 0.271 e. The first-order chi connectivity index (χ1) is 11.2. The Hall–Kier alpha value is -2.75. The lowest BCUT2D eigenvalue weighted by Crippen LogP contribution is -2.27. The van der Waals surface area contributed by atoms with E-state index in [0.29, 0.717) is 0 Å². The highest BCUT2D eigenvalue weighted by molar-refractivity contribution is 6.23. The van der Waals surface area contributed by atoms with Crippen molar-refractivity contribution in [3.8, 4) is 0 Å². The first-order valence-corrected chi connectivity index (χ1v) is 7.76. The van der Waals surface area contributed by atoms with E-state index < -0.39 is 5.92 Å². The third kappa shape index (κ3) is 3.21. The second kappa shape index (κ2) is 6.57. The lowest BCUT2D eigenvalue weighted by Gasteiger charge is -2.12. The zero-order chi connectivity index (χ0) is 16.2. The smallest absolute Gasteiger partial charge is 0.261 e. The maximum Gasteiger partial charge on any atom is 0.261 e. The van der Waals surface area contributed by atoms with Crippen molar-refractivity contribution in [2.24, 2.45) is 16.0 Å². The van der Waals surface area contributed by atoms with Crippen molar-refractivity contribution in [1.29, 1.82) is 0 Å². The predicted molar refractivity (Wildman–Crippen MR) is 94.5 cm³/mol. The van der Waals surface area contributed by atoms with Gasteiger partial charge in [0, 0.05) is 6.21 Å². The minimum atomic E-state index is -0.402. The number of carbonyl (C=O) groups excluding carboxylic acids is 1. The Bertz CT molecular complexity index is 748. The van der Waals surface area contributed by atoms with Crippen molar-refractivity contribution >= 4 is 29.2 Å². The Labute approximate surface area is 136 Å².